The molecule has 3 aliphatic heterocycles. The Balaban J connectivity index is 0.941. The van der Waals surface area contributed by atoms with Crippen molar-refractivity contribution in [3.8, 4) is 5.75 Å². The highest BCUT2D eigenvalue weighted by Crippen LogP contribution is 2.46. The summed E-state index contributed by atoms with van der Waals surface area (Å²) in [5.41, 5.74) is 0.180. The Morgan fingerprint density at radius 1 is 1.06 bits per heavy atom. The number of carbonyl (C=O) groups excluding carboxylic acids is 1. The van der Waals surface area contributed by atoms with Crippen LogP contribution in [0.15, 0.2) is 46.3 Å². The first-order chi connectivity index (χ1) is 22.8. The Morgan fingerprint density at radius 2 is 1.79 bits per heavy atom. The van der Waals surface area contributed by atoms with Crippen LogP contribution in [0.1, 0.15) is 32.1 Å². The van der Waals surface area contributed by atoms with Crippen molar-refractivity contribution in [2.75, 3.05) is 76.4 Å². The summed E-state index contributed by atoms with van der Waals surface area (Å²) in [4.78, 5) is 21.1. The van der Waals surface area contributed by atoms with Crippen LogP contribution in [0.5, 0.6) is 5.75 Å². The molecule has 6 rings (SSSR count). The number of sulfonamides is 1. The number of hydrogen-bond donors (Lipinski definition) is 3. The maximum atomic E-state index is 13.5. The van der Waals surface area contributed by atoms with Crippen LogP contribution < -0.4 is 19.9 Å². The molecule has 1 amide bonds. The molecular formula is C31H43N5O10S2. The SMILES string of the molecule is CN1CCN(C)c2ncc(S(=O)(=O)N3CCC4(CC3)C[C@@H](OC(=O)NC[C@H](O)COc3cccc(S(=O)(=O)C5(CO)CC5)c3)CO4)cc21. The molecule has 2 aromatic rings. The highest BCUT2D eigenvalue weighted by Gasteiger charge is 2.54. The number of alkyl carbamates (subject to hydrolysis) is 1. The second kappa shape index (κ2) is 13.2. The van der Waals surface area contributed by atoms with Crippen molar-refractivity contribution < 1.29 is 46.1 Å². The molecule has 1 spiro atoms. The number of rotatable bonds is 11. The predicted molar refractivity (Wildman–Crippen MR) is 175 cm³/mol. The van der Waals surface area contributed by atoms with Crippen molar-refractivity contribution >= 4 is 37.5 Å². The van der Waals surface area contributed by atoms with Gasteiger partial charge in [-0.15, -0.1) is 0 Å². The first-order valence-electron chi connectivity index (χ1n) is 16.0. The summed E-state index contributed by atoms with van der Waals surface area (Å²) in [6, 6.07) is 7.58. The summed E-state index contributed by atoms with van der Waals surface area (Å²) >= 11 is 0. The molecule has 3 fully saturated rings. The normalized spacial score (nSPS) is 22.6. The van der Waals surface area contributed by atoms with E-state index in [4.69, 9.17) is 14.2 Å². The van der Waals surface area contributed by atoms with Gasteiger partial charge in [-0.2, -0.15) is 4.31 Å². The Bertz CT molecular complexity index is 1730. The third kappa shape index (κ3) is 6.80. The van der Waals surface area contributed by atoms with E-state index in [1.807, 2.05) is 23.9 Å². The lowest BCUT2D eigenvalue weighted by Gasteiger charge is -2.38. The number of pyridine rings is 1. The minimum atomic E-state index is -3.76. The van der Waals surface area contributed by atoms with Gasteiger partial charge in [0.1, 0.15) is 29.5 Å². The molecule has 1 saturated carbocycles. The van der Waals surface area contributed by atoms with E-state index in [2.05, 4.69) is 10.3 Å². The van der Waals surface area contributed by atoms with E-state index in [1.54, 1.807) is 12.1 Å². The second-order valence-corrected chi connectivity index (χ2v) is 17.4. The van der Waals surface area contributed by atoms with Gasteiger partial charge in [-0.25, -0.2) is 26.6 Å². The number of nitrogens with one attached hydrogen (secondary N) is 1. The number of amides is 1. The number of nitrogens with zero attached hydrogens (tertiary/aromatic N) is 4. The number of sulfone groups is 1. The molecule has 0 unspecified atom stereocenters. The third-order valence-electron chi connectivity index (χ3n) is 9.79. The summed E-state index contributed by atoms with van der Waals surface area (Å²) in [6.45, 7) is 1.46. The van der Waals surface area contributed by atoms with Crippen molar-refractivity contribution in [2.45, 2.75) is 64.5 Å². The average molecular weight is 710 g/mol. The van der Waals surface area contributed by atoms with Crippen LogP contribution in [0.25, 0.3) is 0 Å². The first-order valence-corrected chi connectivity index (χ1v) is 19.0. The highest BCUT2D eigenvalue weighted by atomic mass is 32.2. The summed E-state index contributed by atoms with van der Waals surface area (Å²) in [7, 11) is -3.63. The zero-order valence-corrected chi connectivity index (χ0v) is 28.7. The minimum absolute atomic E-state index is 0.0412. The van der Waals surface area contributed by atoms with Crippen LogP contribution in [-0.4, -0.2) is 132 Å². The number of carbonyl (C=O) groups is 1. The Hall–Kier alpha value is -3.22. The van der Waals surface area contributed by atoms with Gasteiger partial charge in [-0.3, -0.25) is 0 Å². The quantitative estimate of drug-likeness (QED) is 0.297. The molecule has 1 aromatic carbocycles. The van der Waals surface area contributed by atoms with Crippen LogP contribution in [0.4, 0.5) is 16.3 Å². The number of hydrogen-bond acceptors (Lipinski definition) is 13. The van der Waals surface area contributed by atoms with Crippen molar-refractivity contribution in [1.82, 2.24) is 14.6 Å². The lowest BCUT2D eigenvalue weighted by atomic mass is 9.89. The number of piperidine rings is 1. The van der Waals surface area contributed by atoms with Gasteiger partial charge >= 0.3 is 6.09 Å². The maximum Gasteiger partial charge on any atom is 0.407 e. The second-order valence-electron chi connectivity index (χ2n) is 13.2. The van der Waals surface area contributed by atoms with Crippen LogP contribution in [0, 0.1) is 0 Å². The van der Waals surface area contributed by atoms with E-state index in [9.17, 15) is 31.8 Å². The van der Waals surface area contributed by atoms with Crippen molar-refractivity contribution in [1.29, 1.82) is 0 Å². The van der Waals surface area contributed by atoms with E-state index in [0.29, 0.717) is 32.1 Å². The molecule has 15 nitrogen and oxygen atoms in total. The van der Waals surface area contributed by atoms with Gasteiger partial charge in [0.25, 0.3) is 0 Å². The number of benzene rings is 1. The van der Waals surface area contributed by atoms with Crippen molar-refractivity contribution in [2.24, 2.45) is 0 Å². The van der Waals surface area contributed by atoms with Crippen LogP contribution in [0.3, 0.4) is 0 Å². The summed E-state index contributed by atoms with van der Waals surface area (Å²) in [5.74, 6) is 0.984. The van der Waals surface area contributed by atoms with E-state index in [1.165, 1.54) is 28.7 Å². The number of aliphatic hydroxyl groups excluding tert-OH is 2. The fourth-order valence-corrected chi connectivity index (χ4v) is 9.70. The summed E-state index contributed by atoms with van der Waals surface area (Å²) in [6.07, 6.45) is 1.18. The maximum absolute atomic E-state index is 13.5. The molecule has 1 aliphatic carbocycles. The fraction of sp³-hybridized carbons (Fsp3) is 0.613. The van der Waals surface area contributed by atoms with E-state index in [-0.39, 0.29) is 48.4 Å². The topological polar surface area (TPSA) is 188 Å². The van der Waals surface area contributed by atoms with E-state index >= 15 is 0 Å². The molecule has 1 aromatic heterocycles. The molecule has 17 heteroatoms. The first kappa shape index (κ1) is 34.6. The molecule has 48 heavy (non-hydrogen) atoms. The number of likely N-dealkylation sites (N-methyl/N-ethyl adjacent to an activating group) is 2. The lowest BCUT2D eigenvalue weighted by molar-refractivity contribution is -0.0325. The zero-order valence-electron chi connectivity index (χ0n) is 27.1. The van der Waals surface area contributed by atoms with Crippen molar-refractivity contribution in [3.05, 3.63) is 36.5 Å². The van der Waals surface area contributed by atoms with Gasteiger partial charge < -0.3 is 39.5 Å². The molecule has 264 valence electrons. The molecular weight excluding hydrogens is 667 g/mol. The van der Waals surface area contributed by atoms with Crippen LogP contribution >= 0.6 is 0 Å². The number of aliphatic hydroxyl groups is 2. The minimum Gasteiger partial charge on any atom is -0.491 e. The molecule has 2 atom stereocenters. The average Bonchev–Trinajstić information content (AvgIpc) is 3.81. The molecule has 4 heterocycles. The van der Waals surface area contributed by atoms with Gasteiger partial charge in [0.15, 0.2) is 15.7 Å². The molecule has 3 N–H and O–H groups in total. The molecule has 4 aliphatic rings. The van der Waals surface area contributed by atoms with Gasteiger partial charge in [-0.05, 0) is 49.9 Å². The third-order valence-corrected chi connectivity index (χ3v) is 14.2. The van der Waals surface area contributed by atoms with Gasteiger partial charge in [0.05, 0.1) is 40.7 Å². The Kier molecular flexibility index (Phi) is 9.56. The summed E-state index contributed by atoms with van der Waals surface area (Å²) < 4.78 is 70.2. The Morgan fingerprint density at radius 3 is 2.50 bits per heavy atom. The monoisotopic (exact) mass is 709 g/mol. The predicted octanol–water partition coefficient (Wildman–Crippen LogP) is 0.745. The smallest absolute Gasteiger partial charge is 0.407 e. The molecule has 0 bridgehead atoms. The molecule has 2 saturated heterocycles. The van der Waals surface area contributed by atoms with Crippen molar-refractivity contribution in [3.63, 3.8) is 0 Å². The number of aromatic nitrogens is 1. The van der Waals surface area contributed by atoms with E-state index < -0.39 is 55.1 Å². The Labute approximate surface area is 280 Å². The number of ether oxygens (including phenoxy) is 3. The van der Waals surface area contributed by atoms with Crippen LogP contribution in [-0.2, 0) is 29.3 Å². The van der Waals surface area contributed by atoms with Gasteiger partial charge in [0, 0.05) is 52.9 Å². The van der Waals surface area contributed by atoms with Gasteiger partial charge in [0.2, 0.25) is 10.0 Å². The largest absolute Gasteiger partial charge is 0.491 e. The number of anilines is 2. The van der Waals surface area contributed by atoms with E-state index in [0.717, 1.165) is 24.6 Å². The van der Waals surface area contributed by atoms with Crippen LogP contribution in [0.2, 0.25) is 0 Å². The summed E-state index contributed by atoms with van der Waals surface area (Å²) in [5, 5.41) is 22.4. The molecule has 0 radical (unpaired) electrons. The standard InChI is InChI=1S/C31H43N5O10S2/c1-34-12-13-35(2)28-27(34)15-26(18-32-28)48(42,43)36-10-8-30(9-11-36)16-24(20-45-30)46-29(39)33-17-22(38)19-44-23-4-3-5-25(14-23)47(40,41)31(21-37)6-7-31/h3-5,14-15,18,22,24,37-38H,6-13,16-17,19-21H2,1-2H3,(H,33,39)/t22-,24+/m0/s1. The number of fused-ring (bicyclic) bond motifs is 1. The highest BCUT2D eigenvalue weighted by molar-refractivity contribution is 7.93. The zero-order chi connectivity index (χ0) is 34.3. The lowest BCUT2D eigenvalue weighted by Crippen LogP contribution is -2.46. The fourth-order valence-electron chi connectivity index (χ4n) is 6.46. The van der Waals surface area contributed by atoms with Gasteiger partial charge in [-0.1, -0.05) is 6.07 Å².